The normalized spacial score (nSPS) is 15.0. The Labute approximate surface area is 214 Å². The fourth-order valence-corrected chi connectivity index (χ4v) is 5.22. The maximum absolute atomic E-state index is 13.3. The van der Waals surface area contributed by atoms with Crippen LogP contribution in [0, 0.1) is 11.6 Å². The van der Waals surface area contributed by atoms with Crippen molar-refractivity contribution in [2.24, 2.45) is 0 Å². The number of hydrogen-bond donors (Lipinski definition) is 0. The zero-order valence-electron chi connectivity index (χ0n) is 18.4. The van der Waals surface area contributed by atoms with Gasteiger partial charge in [-0.25, -0.2) is 8.78 Å². The highest BCUT2D eigenvalue weighted by molar-refractivity contribution is 8.18. The minimum Gasteiger partial charge on any atom is -0.493 e. The van der Waals surface area contributed by atoms with Crippen LogP contribution in [0.3, 0.4) is 0 Å². The first kappa shape index (κ1) is 25.7. The summed E-state index contributed by atoms with van der Waals surface area (Å²) in [5.74, 6) is -1.78. The third-order valence-corrected chi connectivity index (χ3v) is 7.51. The number of rotatable bonds is 7. The van der Waals surface area contributed by atoms with Gasteiger partial charge >= 0.3 is 10.1 Å². The van der Waals surface area contributed by atoms with Gasteiger partial charge in [-0.1, -0.05) is 23.7 Å². The van der Waals surface area contributed by atoms with Crippen LogP contribution in [0.2, 0.25) is 5.02 Å². The third-order valence-electron chi connectivity index (χ3n) is 5.00. The Bertz CT molecular complexity index is 1490. The molecule has 0 N–H and O–H groups in total. The first-order valence-corrected chi connectivity index (χ1v) is 12.7. The van der Waals surface area contributed by atoms with Gasteiger partial charge in [0, 0.05) is 5.02 Å². The average Bonchev–Trinajstić information content (AvgIpc) is 3.09. The van der Waals surface area contributed by atoms with E-state index in [1.54, 1.807) is 0 Å². The molecule has 7 nitrogen and oxygen atoms in total. The van der Waals surface area contributed by atoms with Crippen molar-refractivity contribution in [1.82, 2.24) is 4.90 Å². The minimum atomic E-state index is -4.26. The Balaban J connectivity index is 1.55. The van der Waals surface area contributed by atoms with Crippen LogP contribution in [0.4, 0.5) is 13.6 Å². The molecule has 1 aliphatic heterocycles. The van der Waals surface area contributed by atoms with Crippen molar-refractivity contribution < 1.29 is 35.7 Å². The Morgan fingerprint density at radius 3 is 2.33 bits per heavy atom. The molecule has 1 heterocycles. The lowest BCUT2D eigenvalue weighted by atomic mass is 10.1. The van der Waals surface area contributed by atoms with Gasteiger partial charge in [-0.2, -0.15) is 8.42 Å². The fourth-order valence-electron chi connectivity index (χ4n) is 3.22. The maximum Gasteiger partial charge on any atom is 0.339 e. The predicted octanol–water partition coefficient (Wildman–Crippen LogP) is 5.63. The highest BCUT2D eigenvalue weighted by Gasteiger charge is 2.35. The number of halogens is 3. The molecular formula is C24H16ClF2NO6S2. The van der Waals surface area contributed by atoms with Crippen LogP contribution < -0.4 is 8.92 Å². The smallest absolute Gasteiger partial charge is 0.339 e. The summed E-state index contributed by atoms with van der Waals surface area (Å²) in [4.78, 5) is 26.1. The van der Waals surface area contributed by atoms with Crippen molar-refractivity contribution in [2.45, 2.75) is 11.4 Å². The van der Waals surface area contributed by atoms with Gasteiger partial charge in [-0.3, -0.25) is 14.5 Å². The molecule has 36 heavy (non-hydrogen) atoms. The summed E-state index contributed by atoms with van der Waals surface area (Å²) in [5, 5.41) is -0.433. The molecule has 3 aromatic rings. The van der Waals surface area contributed by atoms with Crippen LogP contribution in [0.25, 0.3) is 6.08 Å². The molecule has 0 atom stereocenters. The summed E-state index contributed by atoms with van der Waals surface area (Å²) < 4.78 is 61.8. The lowest BCUT2D eigenvalue weighted by Gasteiger charge is -2.13. The van der Waals surface area contributed by atoms with Crippen LogP contribution in [-0.4, -0.2) is 31.6 Å². The van der Waals surface area contributed by atoms with Gasteiger partial charge in [0.05, 0.1) is 18.6 Å². The van der Waals surface area contributed by atoms with Crippen molar-refractivity contribution in [3.63, 3.8) is 0 Å². The number of carbonyl (C=O) groups excluding carboxylic acids is 2. The molecule has 1 saturated heterocycles. The summed E-state index contributed by atoms with van der Waals surface area (Å²) in [6, 6.07) is 12.0. The molecule has 12 heteroatoms. The first-order chi connectivity index (χ1) is 17.1. The van der Waals surface area contributed by atoms with Crippen LogP contribution in [0.1, 0.15) is 11.1 Å². The van der Waals surface area contributed by atoms with Crippen LogP contribution in [0.15, 0.2) is 70.5 Å². The second kappa shape index (κ2) is 10.3. The predicted molar refractivity (Wildman–Crippen MR) is 130 cm³/mol. The van der Waals surface area contributed by atoms with Gasteiger partial charge in [-0.05, 0) is 77.5 Å². The Kier molecular flexibility index (Phi) is 7.34. The monoisotopic (exact) mass is 551 g/mol. The van der Waals surface area contributed by atoms with E-state index >= 15 is 0 Å². The molecule has 1 aliphatic rings. The summed E-state index contributed by atoms with van der Waals surface area (Å²) >= 11 is 6.73. The molecule has 2 amide bonds. The number of nitrogens with zero attached hydrogens (tertiary/aromatic N) is 1. The van der Waals surface area contributed by atoms with Crippen LogP contribution >= 0.6 is 23.4 Å². The molecule has 186 valence electrons. The number of thioether (sulfide) groups is 1. The SMILES string of the molecule is COc1cc(/C=C2\SC(=O)N(Cc3ccc(F)cc3Cl)C2=O)ccc1OS(=O)(=O)c1ccc(F)cc1. The molecule has 0 saturated carbocycles. The maximum atomic E-state index is 13.3. The average molecular weight is 552 g/mol. The number of hydrogen-bond acceptors (Lipinski definition) is 7. The molecule has 3 aromatic carbocycles. The summed E-state index contributed by atoms with van der Waals surface area (Å²) in [6.07, 6.45) is 1.44. The van der Waals surface area contributed by atoms with Gasteiger partial charge in [0.2, 0.25) is 0 Å². The lowest BCUT2D eigenvalue weighted by molar-refractivity contribution is -0.123. The summed E-state index contributed by atoms with van der Waals surface area (Å²) in [6.45, 7) is -0.127. The van der Waals surface area contributed by atoms with Crippen LogP contribution in [0.5, 0.6) is 11.5 Å². The van der Waals surface area contributed by atoms with E-state index in [1.165, 1.54) is 43.5 Å². The van der Waals surface area contributed by atoms with Crippen LogP contribution in [-0.2, 0) is 21.5 Å². The van der Waals surface area contributed by atoms with Gasteiger partial charge in [0.1, 0.15) is 16.5 Å². The topological polar surface area (TPSA) is 90.0 Å². The van der Waals surface area contributed by atoms with Crippen molar-refractivity contribution in [1.29, 1.82) is 0 Å². The number of imide groups is 1. The molecule has 4 rings (SSSR count). The number of methoxy groups -OCH3 is 1. The molecule has 0 bridgehead atoms. The van der Waals surface area contributed by atoms with Crippen molar-refractivity contribution in [3.05, 3.63) is 93.4 Å². The minimum absolute atomic E-state index is 0.0479. The number of carbonyl (C=O) groups is 2. The van der Waals surface area contributed by atoms with Gasteiger partial charge in [-0.15, -0.1) is 0 Å². The standard InChI is InChI=1S/C24H16ClF2NO6S2/c1-33-21-10-14(2-9-20(21)34-36(31,32)18-7-5-16(26)6-8-18)11-22-23(29)28(24(30)35-22)13-15-3-4-17(27)12-19(15)25/h2-12H,13H2,1H3/b22-11-. The Morgan fingerprint density at radius 1 is 0.972 bits per heavy atom. The van der Waals surface area contributed by atoms with Gasteiger partial charge < -0.3 is 8.92 Å². The highest BCUT2D eigenvalue weighted by atomic mass is 35.5. The zero-order chi connectivity index (χ0) is 26.0. The van der Waals surface area contributed by atoms with E-state index in [0.29, 0.717) is 22.9 Å². The van der Waals surface area contributed by atoms with E-state index in [1.807, 2.05) is 0 Å². The van der Waals surface area contributed by atoms with E-state index in [4.69, 9.17) is 20.5 Å². The molecule has 0 radical (unpaired) electrons. The molecule has 0 aliphatic carbocycles. The quantitative estimate of drug-likeness (QED) is 0.278. The highest BCUT2D eigenvalue weighted by Crippen LogP contribution is 2.36. The van der Waals surface area contributed by atoms with Crippen molar-refractivity contribution in [3.8, 4) is 11.5 Å². The Morgan fingerprint density at radius 2 is 1.67 bits per heavy atom. The van der Waals surface area contributed by atoms with E-state index in [-0.39, 0.29) is 32.9 Å². The van der Waals surface area contributed by atoms with Crippen molar-refractivity contribution >= 4 is 50.7 Å². The Hall–Kier alpha value is -3.41. The number of ether oxygens (including phenoxy) is 1. The second-order valence-corrected chi connectivity index (χ2v) is 10.4. The van der Waals surface area contributed by atoms with Gasteiger partial charge in [0.25, 0.3) is 11.1 Å². The molecular weight excluding hydrogens is 536 g/mol. The third kappa shape index (κ3) is 5.53. The molecule has 0 aromatic heterocycles. The first-order valence-electron chi connectivity index (χ1n) is 10.1. The molecule has 0 unspecified atom stereocenters. The fraction of sp³-hybridized carbons (Fsp3) is 0.0833. The largest absolute Gasteiger partial charge is 0.493 e. The van der Waals surface area contributed by atoms with E-state index in [9.17, 15) is 26.8 Å². The van der Waals surface area contributed by atoms with E-state index < -0.39 is 32.9 Å². The summed E-state index contributed by atoms with van der Waals surface area (Å²) in [5.41, 5.74) is 0.843. The van der Waals surface area contributed by atoms with Gasteiger partial charge in [0.15, 0.2) is 11.5 Å². The molecule has 0 spiro atoms. The number of amides is 2. The van der Waals surface area contributed by atoms with Crippen molar-refractivity contribution in [2.75, 3.05) is 7.11 Å². The molecule has 1 fully saturated rings. The lowest BCUT2D eigenvalue weighted by Crippen LogP contribution is -2.27. The van der Waals surface area contributed by atoms with E-state index in [2.05, 4.69) is 0 Å². The summed E-state index contributed by atoms with van der Waals surface area (Å²) in [7, 11) is -2.96. The zero-order valence-corrected chi connectivity index (χ0v) is 20.8. The van der Waals surface area contributed by atoms with E-state index in [0.717, 1.165) is 35.2 Å². The number of benzene rings is 3. The second-order valence-electron chi connectivity index (χ2n) is 7.41.